The summed E-state index contributed by atoms with van der Waals surface area (Å²) in [6.45, 7) is 0.496. The van der Waals surface area contributed by atoms with Gasteiger partial charge in [0.05, 0.1) is 11.3 Å². The molecule has 9 heteroatoms. The molecule has 0 aromatic heterocycles. The molecule has 28 heavy (non-hydrogen) atoms. The Labute approximate surface area is 159 Å². The van der Waals surface area contributed by atoms with Gasteiger partial charge >= 0.3 is 12.2 Å². The zero-order valence-corrected chi connectivity index (χ0v) is 14.8. The van der Waals surface area contributed by atoms with Crippen LogP contribution in [-0.2, 0) is 17.5 Å². The first kappa shape index (κ1) is 19.5. The number of fused-ring (bicyclic) bond motifs is 1. The van der Waals surface area contributed by atoms with Crippen LogP contribution in [0.5, 0.6) is 5.75 Å². The maximum Gasteiger partial charge on any atom is 0.418 e. The molecule has 0 unspecified atom stereocenters. The monoisotopic (exact) mass is 393 g/mol. The van der Waals surface area contributed by atoms with Crippen LogP contribution >= 0.6 is 0 Å². The van der Waals surface area contributed by atoms with Gasteiger partial charge < -0.3 is 20.3 Å². The number of halogens is 3. The first-order chi connectivity index (χ1) is 13.3. The standard InChI is InChI=1S/C19H18F3N3O3/c20-19(21,22)14-6-2-3-7-15(14)24-18(27)23-9-10-25-11-13-5-1-4-8-16(13)28-12-17(25)26/h1-8H,9-12H2,(H2,23,24,27). The van der Waals surface area contributed by atoms with Gasteiger partial charge in [0, 0.05) is 25.2 Å². The van der Waals surface area contributed by atoms with Gasteiger partial charge in [0.1, 0.15) is 5.75 Å². The van der Waals surface area contributed by atoms with Gasteiger partial charge in [0.25, 0.3) is 5.91 Å². The fourth-order valence-corrected chi connectivity index (χ4v) is 2.81. The van der Waals surface area contributed by atoms with Crippen molar-refractivity contribution in [3.05, 3.63) is 59.7 Å². The zero-order chi connectivity index (χ0) is 20.1. The molecule has 0 radical (unpaired) electrons. The molecule has 1 heterocycles. The highest BCUT2D eigenvalue weighted by molar-refractivity contribution is 5.90. The molecule has 2 N–H and O–H groups in total. The van der Waals surface area contributed by atoms with E-state index in [4.69, 9.17) is 4.74 Å². The molecular formula is C19H18F3N3O3. The van der Waals surface area contributed by atoms with Crippen molar-refractivity contribution < 1.29 is 27.5 Å². The lowest BCUT2D eigenvalue weighted by Gasteiger charge is -2.20. The summed E-state index contributed by atoms with van der Waals surface area (Å²) in [7, 11) is 0. The highest BCUT2D eigenvalue weighted by atomic mass is 19.4. The molecule has 0 atom stereocenters. The predicted octanol–water partition coefficient (Wildman–Crippen LogP) is 3.25. The molecule has 2 aromatic carbocycles. The van der Waals surface area contributed by atoms with Gasteiger partial charge in [-0.3, -0.25) is 4.79 Å². The summed E-state index contributed by atoms with van der Waals surface area (Å²) in [4.78, 5) is 25.6. The molecule has 0 saturated carbocycles. The second-order valence-electron chi connectivity index (χ2n) is 6.14. The van der Waals surface area contributed by atoms with Crippen LogP contribution in [0.15, 0.2) is 48.5 Å². The van der Waals surface area contributed by atoms with Crippen molar-refractivity contribution in [2.45, 2.75) is 12.7 Å². The maximum atomic E-state index is 13.0. The van der Waals surface area contributed by atoms with Crippen molar-refractivity contribution in [3.63, 3.8) is 0 Å². The minimum absolute atomic E-state index is 0.0773. The van der Waals surface area contributed by atoms with Gasteiger partial charge in [-0.15, -0.1) is 0 Å². The molecule has 0 bridgehead atoms. The van der Waals surface area contributed by atoms with E-state index in [2.05, 4.69) is 10.6 Å². The SMILES string of the molecule is O=C(NCCN1Cc2ccccc2OCC1=O)Nc1ccccc1C(F)(F)F. The maximum absolute atomic E-state index is 13.0. The molecule has 3 amide bonds. The summed E-state index contributed by atoms with van der Waals surface area (Å²) >= 11 is 0. The van der Waals surface area contributed by atoms with E-state index in [0.29, 0.717) is 12.3 Å². The van der Waals surface area contributed by atoms with E-state index in [1.165, 1.54) is 23.1 Å². The van der Waals surface area contributed by atoms with Gasteiger partial charge in [-0.05, 0) is 18.2 Å². The van der Waals surface area contributed by atoms with Crippen molar-refractivity contribution in [2.24, 2.45) is 0 Å². The fourth-order valence-electron chi connectivity index (χ4n) is 2.81. The average Bonchev–Trinajstić information content (AvgIpc) is 2.81. The summed E-state index contributed by atoms with van der Waals surface area (Å²) in [5.74, 6) is 0.397. The quantitative estimate of drug-likeness (QED) is 0.838. The third kappa shape index (κ3) is 4.73. The van der Waals surface area contributed by atoms with E-state index in [1.807, 2.05) is 18.2 Å². The Bertz CT molecular complexity index is 871. The van der Waals surface area contributed by atoms with Crippen LogP contribution in [0, 0.1) is 0 Å². The molecule has 0 spiro atoms. The van der Waals surface area contributed by atoms with Crippen LogP contribution in [0.1, 0.15) is 11.1 Å². The summed E-state index contributed by atoms with van der Waals surface area (Å²) in [5.41, 5.74) is -0.417. The lowest BCUT2D eigenvalue weighted by molar-refractivity contribution is -0.137. The highest BCUT2D eigenvalue weighted by Crippen LogP contribution is 2.34. The lowest BCUT2D eigenvalue weighted by Crippen LogP contribution is -2.40. The molecule has 3 rings (SSSR count). The normalized spacial score (nSPS) is 14.0. The summed E-state index contributed by atoms with van der Waals surface area (Å²) < 4.78 is 44.4. The van der Waals surface area contributed by atoms with Crippen LogP contribution in [0.4, 0.5) is 23.7 Å². The Balaban J connectivity index is 1.55. The first-order valence-electron chi connectivity index (χ1n) is 8.54. The van der Waals surface area contributed by atoms with Crippen molar-refractivity contribution in [1.29, 1.82) is 0 Å². The van der Waals surface area contributed by atoms with Crippen molar-refractivity contribution in [1.82, 2.24) is 10.2 Å². The number of para-hydroxylation sites is 2. The summed E-state index contributed by atoms with van der Waals surface area (Å²) in [5, 5.41) is 4.67. The van der Waals surface area contributed by atoms with Gasteiger partial charge in [0.2, 0.25) is 0 Å². The number of hydrogen-bond donors (Lipinski definition) is 2. The Morgan fingerprint density at radius 1 is 1.11 bits per heavy atom. The van der Waals surface area contributed by atoms with Crippen LogP contribution in [0.2, 0.25) is 0 Å². The molecule has 2 aromatic rings. The second-order valence-corrected chi connectivity index (χ2v) is 6.14. The van der Waals surface area contributed by atoms with Gasteiger partial charge in [0.15, 0.2) is 6.61 Å². The number of rotatable bonds is 4. The molecule has 0 aliphatic carbocycles. The summed E-state index contributed by atoms with van der Waals surface area (Å²) in [6.07, 6.45) is -4.57. The van der Waals surface area contributed by atoms with E-state index in [0.717, 1.165) is 11.6 Å². The number of carbonyl (C=O) groups is 2. The van der Waals surface area contributed by atoms with Gasteiger partial charge in [-0.2, -0.15) is 13.2 Å². The number of nitrogens with zero attached hydrogens (tertiary/aromatic N) is 1. The predicted molar refractivity (Wildman–Crippen MR) is 95.8 cm³/mol. The summed E-state index contributed by atoms with van der Waals surface area (Å²) in [6, 6.07) is 11.2. The topological polar surface area (TPSA) is 70.7 Å². The van der Waals surface area contributed by atoms with E-state index < -0.39 is 17.8 Å². The third-order valence-corrected chi connectivity index (χ3v) is 4.19. The molecule has 1 aliphatic heterocycles. The lowest BCUT2D eigenvalue weighted by atomic mass is 10.1. The van der Waals surface area contributed by atoms with Crippen LogP contribution in [0.25, 0.3) is 0 Å². The van der Waals surface area contributed by atoms with Crippen molar-refractivity contribution in [3.8, 4) is 5.75 Å². The Kier molecular flexibility index (Phi) is 5.72. The van der Waals surface area contributed by atoms with Gasteiger partial charge in [-0.25, -0.2) is 4.79 Å². The number of urea groups is 1. The Hall–Kier alpha value is -3.23. The number of anilines is 1. The fraction of sp³-hybridized carbons (Fsp3) is 0.263. The second kappa shape index (κ2) is 8.20. The van der Waals surface area contributed by atoms with E-state index in [9.17, 15) is 22.8 Å². The van der Waals surface area contributed by atoms with E-state index >= 15 is 0 Å². The van der Waals surface area contributed by atoms with Crippen LogP contribution in [0.3, 0.4) is 0 Å². The third-order valence-electron chi connectivity index (χ3n) is 4.19. The number of nitrogens with one attached hydrogen (secondary N) is 2. The smallest absolute Gasteiger partial charge is 0.418 e. The molecule has 0 fully saturated rings. The number of hydrogen-bond acceptors (Lipinski definition) is 3. The largest absolute Gasteiger partial charge is 0.483 e. The number of carbonyl (C=O) groups excluding carboxylic acids is 2. The average molecular weight is 393 g/mol. The minimum Gasteiger partial charge on any atom is -0.483 e. The molecular weight excluding hydrogens is 375 g/mol. The Morgan fingerprint density at radius 3 is 2.61 bits per heavy atom. The number of amides is 3. The van der Waals surface area contributed by atoms with Gasteiger partial charge in [-0.1, -0.05) is 30.3 Å². The molecule has 0 saturated heterocycles. The first-order valence-corrected chi connectivity index (χ1v) is 8.54. The van der Waals surface area contributed by atoms with E-state index in [-0.39, 0.29) is 31.3 Å². The van der Waals surface area contributed by atoms with Crippen LogP contribution < -0.4 is 15.4 Å². The minimum atomic E-state index is -4.57. The van der Waals surface area contributed by atoms with E-state index in [1.54, 1.807) is 6.07 Å². The molecule has 1 aliphatic rings. The van der Waals surface area contributed by atoms with Crippen LogP contribution in [-0.4, -0.2) is 36.5 Å². The van der Waals surface area contributed by atoms with Crippen molar-refractivity contribution >= 4 is 17.6 Å². The number of ether oxygens (including phenoxy) is 1. The molecule has 148 valence electrons. The highest BCUT2D eigenvalue weighted by Gasteiger charge is 2.33. The zero-order valence-electron chi connectivity index (χ0n) is 14.8. The molecule has 6 nitrogen and oxygen atoms in total. The number of alkyl halides is 3. The Morgan fingerprint density at radius 2 is 1.82 bits per heavy atom. The number of benzene rings is 2. The van der Waals surface area contributed by atoms with Crippen molar-refractivity contribution in [2.75, 3.05) is 25.0 Å².